The van der Waals surface area contributed by atoms with Crippen LogP contribution in [-0.2, 0) is 0 Å². The molecule has 0 aliphatic heterocycles. The fraction of sp³-hybridized carbons (Fsp3) is 0.105. The van der Waals surface area contributed by atoms with E-state index in [1.165, 1.54) is 5.39 Å². The summed E-state index contributed by atoms with van der Waals surface area (Å²) in [5, 5.41) is 6.78. The van der Waals surface area contributed by atoms with Crippen LogP contribution >= 0.6 is 0 Å². The summed E-state index contributed by atoms with van der Waals surface area (Å²) in [5.41, 5.74) is 6.10. The van der Waals surface area contributed by atoms with E-state index in [1.807, 2.05) is 49.4 Å². The van der Waals surface area contributed by atoms with E-state index in [0.29, 0.717) is 0 Å². The highest BCUT2D eigenvalue weighted by atomic mass is 16.5. The Bertz CT molecular complexity index is 810. The zero-order chi connectivity index (χ0) is 15.4. The highest BCUT2D eigenvalue weighted by Gasteiger charge is 2.01. The molecule has 0 radical (unpaired) electrons. The van der Waals surface area contributed by atoms with Crippen LogP contribution in [0.3, 0.4) is 0 Å². The second-order valence-electron chi connectivity index (χ2n) is 5.10. The van der Waals surface area contributed by atoms with Gasteiger partial charge >= 0.3 is 0 Å². The van der Waals surface area contributed by atoms with Crippen molar-refractivity contribution in [3.8, 4) is 5.75 Å². The van der Waals surface area contributed by atoms with Gasteiger partial charge in [-0.1, -0.05) is 36.4 Å². The number of methoxy groups -OCH3 is 1. The number of nitrogens with zero attached hydrogens (tertiary/aromatic N) is 1. The Morgan fingerprint density at radius 1 is 0.909 bits per heavy atom. The number of para-hydroxylation sites is 1. The lowest BCUT2D eigenvalue weighted by Crippen LogP contribution is -1.99. The summed E-state index contributed by atoms with van der Waals surface area (Å²) >= 11 is 0. The monoisotopic (exact) mass is 290 g/mol. The summed E-state index contributed by atoms with van der Waals surface area (Å²) in [7, 11) is 1.68. The number of anilines is 1. The van der Waals surface area contributed by atoms with Gasteiger partial charge in [-0.3, -0.25) is 5.43 Å². The molecule has 0 saturated heterocycles. The Morgan fingerprint density at radius 2 is 1.64 bits per heavy atom. The molecule has 0 fully saturated rings. The molecule has 3 aromatic carbocycles. The first-order valence-electron chi connectivity index (χ1n) is 7.20. The van der Waals surface area contributed by atoms with Crippen molar-refractivity contribution in [3.63, 3.8) is 0 Å². The topological polar surface area (TPSA) is 33.6 Å². The van der Waals surface area contributed by atoms with Gasteiger partial charge in [0.05, 0.1) is 18.5 Å². The minimum atomic E-state index is 0.872. The normalized spacial score (nSPS) is 11.5. The molecule has 1 N–H and O–H groups in total. The van der Waals surface area contributed by atoms with Crippen LogP contribution in [0.25, 0.3) is 10.8 Å². The van der Waals surface area contributed by atoms with Crippen molar-refractivity contribution in [2.45, 2.75) is 6.92 Å². The minimum absolute atomic E-state index is 0.872. The van der Waals surface area contributed by atoms with Gasteiger partial charge in [0.1, 0.15) is 5.75 Å². The molecule has 0 bridgehead atoms. The zero-order valence-corrected chi connectivity index (χ0v) is 12.7. The van der Waals surface area contributed by atoms with Crippen LogP contribution in [0.1, 0.15) is 12.5 Å². The van der Waals surface area contributed by atoms with Gasteiger partial charge in [-0.05, 0) is 53.6 Å². The van der Waals surface area contributed by atoms with Crippen molar-refractivity contribution in [3.05, 3.63) is 72.3 Å². The maximum atomic E-state index is 5.25. The quantitative estimate of drug-likeness (QED) is 0.559. The van der Waals surface area contributed by atoms with E-state index in [1.54, 1.807) is 7.11 Å². The molecule has 0 atom stereocenters. The Labute approximate surface area is 130 Å². The molecule has 0 aliphatic carbocycles. The summed E-state index contributed by atoms with van der Waals surface area (Å²) in [6, 6.07) is 22.3. The molecule has 3 heteroatoms. The molecular formula is C19H18N2O. The third kappa shape index (κ3) is 3.09. The Balaban J connectivity index is 1.86. The van der Waals surface area contributed by atoms with Crippen molar-refractivity contribution in [1.29, 1.82) is 0 Å². The fourth-order valence-electron chi connectivity index (χ4n) is 2.30. The average molecular weight is 290 g/mol. The van der Waals surface area contributed by atoms with Crippen molar-refractivity contribution >= 4 is 22.2 Å². The smallest absolute Gasteiger partial charge is 0.119 e. The van der Waals surface area contributed by atoms with Crippen LogP contribution in [-0.4, -0.2) is 12.8 Å². The Hall–Kier alpha value is -2.81. The third-order valence-corrected chi connectivity index (χ3v) is 3.59. The van der Waals surface area contributed by atoms with E-state index < -0.39 is 0 Å². The van der Waals surface area contributed by atoms with E-state index in [2.05, 4.69) is 34.8 Å². The molecule has 0 saturated carbocycles. The van der Waals surface area contributed by atoms with Crippen LogP contribution in [0.15, 0.2) is 71.8 Å². The van der Waals surface area contributed by atoms with Gasteiger partial charge in [-0.15, -0.1) is 0 Å². The van der Waals surface area contributed by atoms with Crippen molar-refractivity contribution < 1.29 is 4.74 Å². The summed E-state index contributed by atoms with van der Waals surface area (Å²) in [6.07, 6.45) is 0. The molecule has 3 rings (SSSR count). The van der Waals surface area contributed by atoms with Crippen LogP contribution < -0.4 is 10.2 Å². The van der Waals surface area contributed by atoms with E-state index in [4.69, 9.17) is 4.74 Å². The lowest BCUT2D eigenvalue weighted by molar-refractivity contribution is 0.415. The maximum absolute atomic E-state index is 5.25. The molecule has 3 nitrogen and oxygen atoms in total. The summed E-state index contributed by atoms with van der Waals surface area (Å²) in [6.45, 7) is 2.00. The van der Waals surface area contributed by atoms with Crippen LogP contribution in [0.2, 0.25) is 0 Å². The molecule has 0 aromatic heterocycles. The van der Waals surface area contributed by atoms with Gasteiger partial charge in [-0.25, -0.2) is 0 Å². The third-order valence-electron chi connectivity index (χ3n) is 3.59. The number of benzene rings is 3. The second kappa shape index (κ2) is 6.31. The van der Waals surface area contributed by atoms with E-state index in [-0.39, 0.29) is 0 Å². The summed E-state index contributed by atoms with van der Waals surface area (Å²) in [4.78, 5) is 0. The van der Waals surface area contributed by atoms with Gasteiger partial charge in [0.15, 0.2) is 0 Å². The van der Waals surface area contributed by atoms with E-state index in [9.17, 15) is 0 Å². The van der Waals surface area contributed by atoms with Crippen molar-refractivity contribution in [2.75, 3.05) is 12.5 Å². The molecule has 0 amide bonds. The SMILES string of the molecule is COc1ccc2cc(/C(C)=N/Nc3ccccc3)ccc2c1. The second-order valence-corrected chi connectivity index (χ2v) is 5.10. The number of nitrogens with one attached hydrogen (secondary N) is 1. The molecular weight excluding hydrogens is 272 g/mol. The minimum Gasteiger partial charge on any atom is -0.497 e. The number of ether oxygens (including phenoxy) is 1. The van der Waals surface area contributed by atoms with E-state index >= 15 is 0 Å². The van der Waals surface area contributed by atoms with Crippen molar-refractivity contribution in [1.82, 2.24) is 0 Å². The predicted molar refractivity (Wildman–Crippen MR) is 92.8 cm³/mol. The maximum Gasteiger partial charge on any atom is 0.119 e. The number of hydrogen-bond acceptors (Lipinski definition) is 3. The molecule has 3 aromatic rings. The van der Waals surface area contributed by atoms with Crippen LogP contribution in [0, 0.1) is 0 Å². The van der Waals surface area contributed by atoms with Gasteiger partial charge in [0.25, 0.3) is 0 Å². The number of rotatable bonds is 4. The zero-order valence-electron chi connectivity index (χ0n) is 12.7. The van der Waals surface area contributed by atoms with E-state index in [0.717, 1.165) is 28.1 Å². The first-order chi connectivity index (χ1) is 10.8. The number of hydrogen-bond donors (Lipinski definition) is 1. The highest BCUT2D eigenvalue weighted by molar-refractivity contribution is 6.02. The molecule has 22 heavy (non-hydrogen) atoms. The number of hydrazone groups is 1. The fourth-order valence-corrected chi connectivity index (χ4v) is 2.30. The summed E-state index contributed by atoms with van der Waals surface area (Å²) in [5.74, 6) is 0.872. The number of fused-ring (bicyclic) bond motifs is 1. The van der Waals surface area contributed by atoms with Crippen LogP contribution in [0.4, 0.5) is 5.69 Å². The summed E-state index contributed by atoms with van der Waals surface area (Å²) < 4.78 is 5.25. The molecule has 0 spiro atoms. The molecule has 0 heterocycles. The van der Waals surface area contributed by atoms with Gasteiger partial charge < -0.3 is 4.74 Å². The molecule has 0 unspecified atom stereocenters. The van der Waals surface area contributed by atoms with Gasteiger partial charge in [-0.2, -0.15) is 5.10 Å². The molecule has 110 valence electrons. The lowest BCUT2D eigenvalue weighted by Gasteiger charge is -2.06. The first kappa shape index (κ1) is 14.1. The Morgan fingerprint density at radius 3 is 2.41 bits per heavy atom. The standard InChI is InChI=1S/C19H18N2O/c1-14(20-21-18-6-4-3-5-7-18)15-8-9-17-13-19(22-2)11-10-16(17)12-15/h3-13,21H,1-2H3/b20-14+. The average Bonchev–Trinajstić information content (AvgIpc) is 2.59. The Kier molecular flexibility index (Phi) is 4.05. The van der Waals surface area contributed by atoms with Crippen LogP contribution in [0.5, 0.6) is 5.75 Å². The van der Waals surface area contributed by atoms with Crippen molar-refractivity contribution in [2.24, 2.45) is 5.10 Å². The highest BCUT2D eigenvalue weighted by Crippen LogP contribution is 2.22. The lowest BCUT2D eigenvalue weighted by atomic mass is 10.0. The predicted octanol–water partition coefficient (Wildman–Crippen LogP) is 4.68. The first-order valence-corrected chi connectivity index (χ1v) is 7.20. The largest absolute Gasteiger partial charge is 0.497 e. The molecule has 0 aliphatic rings. The van der Waals surface area contributed by atoms with Gasteiger partial charge in [0.2, 0.25) is 0 Å². The van der Waals surface area contributed by atoms with Gasteiger partial charge in [0, 0.05) is 0 Å².